The van der Waals surface area contributed by atoms with Gasteiger partial charge in [0, 0.05) is 18.7 Å². The normalized spacial score (nSPS) is 11.6. The van der Waals surface area contributed by atoms with Gasteiger partial charge in [0.05, 0.1) is 20.8 Å². The van der Waals surface area contributed by atoms with E-state index in [2.05, 4.69) is 11.2 Å². The third-order valence-corrected chi connectivity index (χ3v) is 2.46. The van der Waals surface area contributed by atoms with Gasteiger partial charge in [-0.05, 0) is 17.7 Å². The molecule has 1 unspecified atom stereocenters. The zero-order chi connectivity index (χ0) is 12.7. The summed E-state index contributed by atoms with van der Waals surface area (Å²) < 4.78 is 10.4. The second-order valence-electron chi connectivity index (χ2n) is 3.52. The van der Waals surface area contributed by atoms with Gasteiger partial charge in [-0.15, -0.1) is 6.42 Å². The van der Waals surface area contributed by atoms with Gasteiger partial charge in [-0.2, -0.15) is 0 Å². The predicted molar refractivity (Wildman–Crippen MR) is 68.2 cm³/mol. The first-order valence-electron chi connectivity index (χ1n) is 5.35. The summed E-state index contributed by atoms with van der Waals surface area (Å²) in [6, 6.07) is 5.65. The van der Waals surface area contributed by atoms with Crippen LogP contribution in [0, 0.1) is 12.3 Å². The fourth-order valence-electron chi connectivity index (χ4n) is 1.55. The Morgan fingerprint density at radius 2 is 1.88 bits per heavy atom. The number of ether oxygens (including phenoxy) is 2. The first kappa shape index (κ1) is 13.4. The van der Waals surface area contributed by atoms with Crippen LogP contribution in [0.2, 0.25) is 0 Å². The van der Waals surface area contributed by atoms with Crippen LogP contribution in [0.4, 0.5) is 0 Å². The van der Waals surface area contributed by atoms with Gasteiger partial charge in [0.2, 0.25) is 0 Å². The predicted octanol–water partition coefficient (Wildman–Crippen LogP) is 0.926. The Bertz CT molecular complexity index is 377. The minimum Gasteiger partial charge on any atom is -0.497 e. The first-order valence-corrected chi connectivity index (χ1v) is 5.35. The lowest BCUT2D eigenvalue weighted by molar-refractivity contribution is 0.392. The summed E-state index contributed by atoms with van der Waals surface area (Å²) in [6.07, 6.45) is 5.22. The van der Waals surface area contributed by atoms with Crippen LogP contribution in [0.25, 0.3) is 0 Å². The molecule has 0 fully saturated rings. The fraction of sp³-hybridized carbons (Fsp3) is 0.385. The van der Waals surface area contributed by atoms with Crippen molar-refractivity contribution in [3.8, 4) is 23.8 Å². The van der Waals surface area contributed by atoms with Gasteiger partial charge in [-0.25, -0.2) is 0 Å². The Hall–Kier alpha value is -1.70. The molecule has 92 valence electrons. The summed E-state index contributed by atoms with van der Waals surface area (Å²) in [5.74, 6) is 4.00. The van der Waals surface area contributed by atoms with Crippen molar-refractivity contribution in [2.24, 2.45) is 5.73 Å². The van der Waals surface area contributed by atoms with Gasteiger partial charge in [0.15, 0.2) is 0 Å². The van der Waals surface area contributed by atoms with Gasteiger partial charge < -0.3 is 15.2 Å². The topological polar surface area (TPSA) is 56.5 Å². The summed E-state index contributed by atoms with van der Waals surface area (Å²) >= 11 is 0. The third-order valence-electron chi connectivity index (χ3n) is 2.46. The van der Waals surface area contributed by atoms with Crippen molar-refractivity contribution >= 4 is 0 Å². The van der Waals surface area contributed by atoms with Gasteiger partial charge in [-0.3, -0.25) is 5.32 Å². The van der Waals surface area contributed by atoms with E-state index in [0.29, 0.717) is 13.1 Å². The molecule has 0 spiro atoms. The molecule has 0 heterocycles. The Labute approximate surface area is 102 Å². The Morgan fingerprint density at radius 3 is 2.29 bits per heavy atom. The number of nitrogens with one attached hydrogen (secondary N) is 1. The Morgan fingerprint density at radius 1 is 1.29 bits per heavy atom. The van der Waals surface area contributed by atoms with Crippen LogP contribution in [0.3, 0.4) is 0 Å². The smallest absolute Gasteiger partial charge is 0.122 e. The molecule has 4 nitrogen and oxygen atoms in total. The first-order chi connectivity index (χ1) is 8.24. The van der Waals surface area contributed by atoms with Gasteiger partial charge >= 0.3 is 0 Å². The zero-order valence-corrected chi connectivity index (χ0v) is 10.2. The summed E-state index contributed by atoms with van der Waals surface area (Å²) in [4.78, 5) is 0. The highest BCUT2D eigenvalue weighted by atomic mass is 16.5. The van der Waals surface area contributed by atoms with E-state index in [9.17, 15) is 0 Å². The van der Waals surface area contributed by atoms with Crippen LogP contribution < -0.4 is 20.5 Å². The molecule has 0 saturated heterocycles. The molecule has 0 aliphatic carbocycles. The lowest BCUT2D eigenvalue weighted by Gasteiger charge is -2.17. The maximum atomic E-state index is 5.72. The number of benzene rings is 1. The average molecular weight is 234 g/mol. The molecule has 0 bridgehead atoms. The van der Waals surface area contributed by atoms with Crippen LogP contribution in [-0.4, -0.2) is 27.3 Å². The molecule has 0 aliphatic rings. The molecule has 1 aromatic rings. The highest BCUT2D eigenvalue weighted by Crippen LogP contribution is 2.25. The van der Waals surface area contributed by atoms with E-state index in [1.807, 2.05) is 18.2 Å². The molecule has 4 heteroatoms. The molecule has 0 amide bonds. The summed E-state index contributed by atoms with van der Waals surface area (Å²) in [6.45, 7) is 0.930. The molecule has 1 aromatic carbocycles. The maximum Gasteiger partial charge on any atom is 0.122 e. The van der Waals surface area contributed by atoms with Crippen molar-refractivity contribution < 1.29 is 9.47 Å². The largest absolute Gasteiger partial charge is 0.497 e. The van der Waals surface area contributed by atoms with Gasteiger partial charge in [0.25, 0.3) is 0 Å². The molecule has 0 saturated carbocycles. The molecule has 1 atom stereocenters. The van der Waals surface area contributed by atoms with E-state index in [4.69, 9.17) is 21.6 Å². The quantitative estimate of drug-likeness (QED) is 0.719. The van der Waals surface area contributed by atoms with E-state index in [-0.39, 0.29) is 6.04 Å². The number of nitrogens with two attached hydrogens (primary N) is 1. The number of methoxy groups -OCH3 is 2. The van der Waals surface area contributed by atoms with Crippen LogP contribution in [-0.2, 0) is 0 Å². The minimum absolute atomic E-state index is 0.00458. The molecule has 17 heavy (non-hydrogen) atoms. The molecule has 0 aliphatic heterocycles. The van der Waals surface area contributed by atoms with E-state index >= 15 is 0 Å². The van der Waals surface area contributed by atoms with Crippen molar-refractivity contribution in [1.82, 2.24) is 5.32 Å². The van der Waals surface area contributed by atoms with Crippen LogP contribution in [0.1, 0.15) is 11.6 Å². The van der Waals surface area contributed by atoms with Crippen molar-refractivity contribution in [3.63, 3.8) is 0 Å². The summed E-state index contributed by atoms with van der Waals surface area (Å²) in [5.41, 5.74) is 6.71. The lowest BCUT2D eigenvalue weighted by Crippen LogP contribution is -2.28. The van der Waals surface area contributed by atoms with Gasteiger partial charge in [-0.1, -0.05) is 5.92 Å². The highest BCUT2D eigenvalue weighted by Gasteiger charge is 2.11. The van der Waals surface area contributed by atoms with E-state index in [1.165, 1.54) is 0 Å². The standard InChI is InChI=1S/C13H18N2O2/c1-4-5-15-13(9-14)10-6-11(16-2)8-12(7-10)17-3/h1,6-8,13,15H,5,9,14H2,2-3H3. The van der Waals surface area contributed by atoms with Crippen LogP contribution in [0.15, 0.2) is 18.2 Å². The molecule has 0 aromatic heterocycles. The SMILES string of the molecule is C#CCNC(CN)c1cc(OC)cc(OC)c1. The molecular formula is C13H18N2O2. The molecule has 0 radical (unpaired) electrons. The number of hydrogen-bond acceptors (Lipinski definition) is 4. The third kappa shape index (κ3) is 3.66. The maximum absolute atomic E-state index is 5.72. The van der Waals surface area contributed by atoms with Crippen LogP contribution in [0.5, 0.6) is 11.5 Å². The molecule has 1 rings (SSSR count). The highest BCUT2D eigenvalue weighted by molar-refractivity contribution is 5.40. The Balaban J connectivity index is 2.97. The van der Waals surface area contributed by atoms with Gasteiger partial charge in [0.1, 0.15) is 11.5 Å². The number of hydrogen-bond donors (Lipinski definition) is 2. The minimum atomic E-state index is -0.00458. The number of terminal acetylenes is 1. The van der Waals surface area contributed by atoms with Crippen molar-refractivity contribution in [3.05, 3.63) is 23.8 Å². The second-order valence-corrected chi connectivity index (χ2v) is 3.52. The summed E-state index contributed by atoms with van der Waals surface area (Å²) in [7, 11) is 3.23. The average Bonchev–Trinajstić information content (AvgIpc) is 2.39. The number of rotatable bonds is 6. The van der Waals surface area contributed by atoms with Crippen molar-refractivity contribution in [1.29, 1.82) is 0 Å². The Kier molecular flexibility index (Phi) is 5.34. The zero-order valence-electron chi connectivity index (χ0n) is 10.2. The van der Waals surface area contributed by atoms with E-state index in [0.717, 1.165) is 17.1 Å². The second kappa shape index (κ2) is 6.79. The van der Waals surface area contributed by atoms with Crippen molar-refractivity contribution in [2.75, 3.05) is 27.3 Å². The summed E-state index contributed by atoms with van der Waals surface area (Å²) in [5, 5.41) is 3.17. The molecular weight excluding hydrogens is 216 g/mol. The van der Waals surface area contributed by atoms with E-state index in [1.54, 1.807) is 14.2 Å². The monoisotopic (exact) mass is 234 g/mol. The van der Waals surface area contributed by atoms with E-state index < -0.39 is 0 Å². The fourth-order valence-corrected chi connectivity index (χ4v) is 1.55. The van der Waals surface area contributed by atoms with Crippen LogP contribution >= 0.6 is 0 Å². The van der Waals surface area contributed by atoms with Crippen molar-refractivity contribution in [2.45, 2.75) is 6.04 Å². The lowest BCUT2D eigenvalue weighted by atomic mass is 10.1. The molecule has 3 N–H and O–H groups in total.